The van der Waals surface area contributed by atoms with Crippen molar-refractivity contribution in [2.24, 2.45) is 0 Å². The summed E-state index contributed by atoms with van der Waals surface area (Å²) in [7, 11) is 1.21. The fourth-order valence-electron chi connectivity index (χ4n) is 2.12. The van der Waals surface area contributed by atoms with Crippen molar-refractivity contribution < 1.29 is 28.6 Å². The molecule has 0 spiro atoms. The predicted octanol–water partition coefficient (Wildman–Crippen LogP) is 2.81. The number of ether oxygens (including phenoxy) is 3. The highest BCUT2D eigenvalue weighted by molar-refractivity contribution is 5.97. The zero-order chi connectivity index (χ0) is 18.9. The molecule has 0 saturated carbocycles. The molecule has 0 radical (unpaired) electrons. The molecule has 2 rings (SSSR count). The lowest BCUT2D eigenvalue weighted by Crippen LogP contribution is -2.16. The fourth-order valence-corrected chi connectivity index (χ4v) is 2.12. The second kappa shape index (κ2) is 9.22. The van der Waals surface area contributed by atoms with Gasteiger partial charge in [-0.1, -0.05) is 18.2 Å². The lowest BCUT2D eigenvalue weighted by atomic mass is 10.1. The Kier molecular flexibility index (Phi) is 6.73. The van der Waals surface area contributed by atoms with Crippen molar-refractivity contribution in [1.29, 1.82) is 0 Å². The first-order valence-electron chi connectivity index (χ1n) is 7.88. The van der Waals surface area contributed by atoms with Crippen LogP contribution in [0.5, 0.6) is 11.5 Å². The molecule has 2 aromatic carbocycles. The maximum Gasteiger partial charge on any atom is 0.341 e. The number of rotatable bonds is 7. The van der Waals surface area contributed by atoms with E-state index in [4.69, 9.17) is 9.47 Å². The monoisotopic (exact) mass is 357 g/mol. The summed E-state index contributed by atoms with van der Waals surface area (Å²) in [6.07, 6.45) is 0.133. The Hall–Kier alpha value is -3.35. The van der Waals surface area contributed by atoms with Gasteiger partial charge in [-0.2, -0.15) is 0 Å². The highest BCUT2D eigenvalue weighted by Crippen LogP contribution is 2.24. The van der Waals surface area contributed by atoms with E-state index in [0.29, 0.717) is 11.4 Å². The molecular formula is C19H19NO6. The second-order valence-corrected chi connectivity index (χ2v) is 5.26. The Morgan fingerprint density at radius 3 is 2.42 bits per heavy atom. The minimum atomic E-state index is -0.676. The van der Waals surface area contributed by atoms with Gasteiger partial charge in [-0.25, -0.2) is 4.79 Å². The number of carbonyl (C=O) groups is 3. The highest BCUT2D eigenvalue weighted by atomic mass is 16.5. The third-order valence-electron chi connectivity index (χ3n) is 3.26. The zero-order valence-electron chi connectivity index (χ0n) is 14.5. The van der Waals surface area contributed by atoms with Gasteiger partial charge in [-0.3, -0.25) is 9.59 Å². The number of esters is 2. The van der Waals surface area contributed by atoms with Gasteiger partial charge in [0.1, 0.15) is 17.1 Å². The van der Waals surface area contributed by atoms with E-state index in [9.17, 15) is 14.4 Å². The van der Waals surface area contributed by atoms with Gasteiger partial charge in [0.2, 0.25) is 5.91 Å². The molecule has 2 aromatic rings. The van der Waals surface area contributed by atoms with Crippen LogP contribution in [0.3, 0.4) is 0 Å². The first-order valence-corrected chi connectivity index (χ1v) is 7.88. The molecule has 0 bridgehead atoms. The van der Waals surface area contributed by atoms with E-state index in [1.807, 2.05) is 18.2 Å². The van der Waals surface area contributed by atoms with Crippen molar-refractivity contribution in [2.45, 2.75) is 13.3 Å². The van der Waals surface area contributed by atoms with E-state index in [1.165, 1.54) is 32.2 Å². The molecule has 136 valence electrons. The Labute approximate surface area is 150 Å². The molecular weight excluding hydrogens is 338 g/mol. The number of amides is 1. The topological polar surface area (TPSA) is 90.9 Å². The van der Waals surface area contributed by atoms with E-state index in [-0.39, 0.29) is 30.2 Å². The summed E-state index contributed by atoms with van der Waals surface area (Å²) < 4.78 is 15.1. The lowest BCUT2D eigenvalue weighted by molar-refractivity contribution is -0.131. The first kappa shape index (κ1) is 19.0. The molecule has 0 aliphatic carbocycles. The van der Waals surface area contributed by atoms with Crippen LogP contribution in [0.1, 0.15) is 23.7 Å². The molecule has 7 heteroatoms. The highest BCUT2D eigenvalue weighted by Gasteiger charge is 2.16. The van der Waals surface area contributed by atoms with Crippen LogP contribution in [0, 0.1) is 0 Å². The Morgan fingerprint density at radius 1 is 1.04 bits per heavy atom. The van der Waals surface area contributed by atoms with Crippen molar-refractivity contribution in [3.05, 3.63) is 54.1 Å². The van der Waals surface area contributed by atoms with Crippen LogP contribution in [0.25, 0.3) is 0 Å². The molecule has 0 atom stereocenters. The number of hydrogen-bond acceptors (Lipinski definition) is 6. The van der Waals surface area contributed by atoms with Gasteiger partial charge in [0.05, 0.1) is 20.1 Å². The van der Waals surface area contributed by atoms with Crippen LogP contribution in [-0.2, 0) is 14.3 Å². The van der Waals surface area contributed by atoms with E-state index in [1.54, 1.807) is 12.1 Å². The third kappa shape index (κ3) is 5.62. The van der Waals surface area contributed by atoms with Gasteiger partial charge in [0.25, 0.3) is 0 Å². The third-order valence-corrected chi connectivity index (χ3v) is 3.26. The number of methoxy groups -OCH3 is 1. The summed E-state index contributed by atoms with van der Waals surface area (Å²) in [5, 5.41) is 2.66. The molecule has 0 fully saturated rings. The van der Waals surface area contributed by atoms with Crippen LogP contribution < -0.4 is 14.8 Å². The largest absolute Gasteiger partial charge is 0.493 e. The molecule has 1 N–H and O–H groups in total. The average Bonchev–Trinajstić information content (AvgIpc) is 2.63. The number of para-hydroxylation sites is 1. The SMILES string of the molecule is COC(=O)c1cc(NC(=O)CCOc2ccccc2)ccc1OC(C)=O. The van der Waals surface area contributed by atoms with E-state index in [2.05, 4.69) is 10.1 Å². The summed E-state index contributed by atoms with van der Waals surface area (Å²) in [5.41, 5.74) is 0.423. The molecule has 0 heterocycles. The molecule has 7 nitrogen and oxygen atoms in total. The van der Waals surface area contributed by atoms with Crippen LogP contribution in [0.4, 0.5) is 5.69 Å². The minimum absolute atomic E-state index is 0.0426. The molecule has 26 heavy (non-hydrogen) atoms. The predicted molar refractivity (Wildman–Crippen MR) is 94.3 cm³/mol. The van der Waals surface area contributed by atoms with Gasteiger partial charge in [0, 0.05) is 12.6 Å². The summed E-state index contributed by atoms with van der Waals surface area (Å²) >= 11 is 0. The first-order chi connectivity index (χ1) is 12.5. The summed E-state index contributed by atoms with van der Waals surface area (Å²) in [6, 6.07) is 13.5. The van der Waals surface area contributed by atoms with E-state index >= 15 is 0 Å². The smallest absolute Gasteiger partial charge is 0.341 e. The molecule has 0 aliphatic heterocycles. The van der Waals surface area contributed by atoms with Crippen molar-refractivity contribution >= 4 is 23.5 Å². The summed E-state index contributed by atoms with van der Waals surface area (Å²) in [6.45, 7) is 1.44. The normalized spacial score (nSPS) is 9.92. The van der Waals surface area contributed by atoms with Gasteiger partial charge in [-0.05, 0) is 30.3 Å². The fraction of sp³-hybridized carbons (Fsp3) is 0.211. The van der Waals surface area contributed by atoms with E-state index in [0.717, 1.165) is 0 Å². The van der Waals surface area contributed by atoms with Gasteiger partial charge < -0.3 is 19.5 Å². The molecule has 0 unspecified atom stereocenters. The molecule has 0 aliphatic rings. The van der Waals surface area contributed by atoms with Crippen LogP contribution >= 0.6 is 0 Å². The van der Waals surface area contributed by atoms with E-state index < -0.39 is 11.9 Å². The van der Waals surface area contributed by atoms with Gasteiger partial charge in [-0.15, -0.1) is 0 Å². The number of benzene rings is 2. The standard InChI is InChI=1S/C19H19NO6/c1-13(21)26-17-9-8-14(12-16(17)19(23)24-2)20-18(22)10-11-25-15-6-4-3-5-7-15/h3-9,12H,10-11H2,1-2H3,(H,20,22). The van der Waals surface area contributed by atoms with Crippen molar-refractivity contribution in [3.8, 4) is 11.5 Å². The zero-order valence-corrected chi connectivity index (χ0v) is 14.5. The summed E-state index contributed by atoms with van der Waals surface area (Å²) in [5.74, 6) is -0.777. The van der Waals surface area contributed by atoms with Gasteiger partial charge >= 0.3 is 11.9 Å². The molecule has 0 aromatic heterocycles. The number of nitrogens with one attached hydrogen (secondary N) is 1. The minimum Gasteiger partial charge on any atom is -0.493 e. The number of anilines is 1. The van der Waals surface area contributed by atoms with Crippen molar-refractivity contribution in [2.75, 3.05) is 19.0 Å². The van der Waals surface area contributed by atoms with Crippen LogP contribution in [-0.4, -0.2) is 31.6 Å². The van der Waals surface area contributed by atoms with Crippen LogP contribution in [0.2, 0.25) is 0 Å². The average molecular weight is 357 g/mol. The van der Waals surface area contributed by atoms with Crippen molar-refractivity contribution in [3.63, 3.8) is 0 Å². The van der Waals surface area contributed by atoms with Crippen LogP contribution in [0.15, 0.2) is 48.5 Å². The maximum atomic E-state index is 12.0. The quantitative estimate of drug-likeness (QED) is 0.605. The second-order valence-electron chi connectivity index (χ2n) is 5.26. The number of hydrogen-bond donors (Lipinski definition) is 1. The Bertz CT molecular complexity index is 788. The summed E-state index contributed by atoms with van der Waals surface area (Å²) in [4.78, 5) is 35.0. The number of carbonyl (C=O) groups excluding carboxylic acids is 3. The Morgan fingerprint density at radius 2 is 1.77 bits per heavy atom. The maximum absolute atomic E-state index is 12.0. The van der Waals surface area contributed by atoms with Crippen molar-refractivity contribution in [1.82, 2.24) is 0 Å². The Balaban J connectivity index is 1.98. The molecule has 0 saturated heterocycles. The van der Waals surface area contributed by atoms with Gasteiger partial charge in [0.15, 0.2) is 0 Å². The molecule has 1 amide bonds. The lowest BCUT2D eigenvalue weighted by Gasteiger charge is -2.11.